The molecule has 0 spiro atoms. The summed E-state index contributed by atoms with van der Waals surface area (Å²) in [5.41, 5.74) is 4.87. The van der Waals surface area contributed by atoms with E-state index < -0.39 is 5.92 Å². The zero-order chi connectivity index (χ0) is 25.4. The molecular weight excluding hydrogens is 522 g/mol. The molecule has 1 N–H and O–H groups in total. The van der Waals surface area contributed by atoms with E-state index in [0.717, 1.165) is 35.2 Å². The fourth-order valence-electron chi connectivity index (χ4n) is 5.16. The average Bonchev–Trinajstić information content (AvgIpc) is 2.84. The smallest absolute Gasteiger partial charge is 0.262 e. The normalized spacial score (nSPS) is 18.0. The van der Waals surface area contributed by atoms with Crippen LogP contribution in [-0.2, 0) is 19.1 Å². The third-order valence-electron chi connectivity index (χ3n) is 6.96. The molecule has 0 fully saturated rings. The Hall–Kier alpha value is -3.19. The van der Waals surface area contributed by atoms with Crippen LogP contribution in [0.25, 0.3) is 0 Å². The molecule has 1 amide bonds. The van der Waals surface area contributed by atoms with E-state index in [4.69, 9.17) is 9.47 Å². The van der Waals surface area contributed by atoms with E-state index in [1.807, 2.05) is 44.2 Å². The Labute approximate surface area is 218 Å². The van der Waals surface area contributed by atoms with Crippen molar-refractivity contribution in [3.05, 3.63) is 80.2 Å². The molecule has 2 aromatic carbocycles. The summed E-state index contributed by atoms with van der Waals surface area (Å²) >= 11 is 3.57. The van der Waals surface area contributed by atoms with E-state index in [0.29, 0.717) is 58.6 Å². The number of Topliss-reactive ketones (excluding diaryl/α,β-unsaturated/α-hetero) is 2. The van der Waals surface area contributed by atoms with Crippen LogP contribution in [0.5, 0.6) is 5.75 Å². The first-order valence-electron chi connectivity index (χ1n) is 12.3. The van der Waals surface area contributed by atoms with E-state index >= 15 is 0 Å². The third-order valence-corrected chi connectivity index (χ3v) is 7.58. The van der Waals surface area contributed by atoms with Gasteiger partial charge >= 0.3 is 0 Å². The Morgan fingerprint density at radius 2 is 1.64 bits per heavy atom. The number of anilines is 1. The number of allylic oxidation sites excluding steroid dienone is 4. The molecule has 0 saturated heterocycles. The minimum Gasteiger partial charge on any atom is -0.483 e. The minimum atomic E-state index is -0.428. The van der Waals surface area contributed by atoms with Gasteiger partial charge in [-0.25, -0.2) is 0 Å². The molecule has 0 saturated carbocycles. The molecule has 0 atom stereocenters. The van der Waals surface area contributed by atoms with Crippen molar-refractivity contribution >= 4 is 39.1 Å². The second-order valence-electron chi connectivity index (χ2n) is 9.61. The number of benzene rings is 2. The maximum Gasteiger partial charge on any atom is 0.262 e. The molecule has 36 heavy (non-hydrogen) atoms. The van der Waals surface area contributed by atoms with Gasteiger partial charge in [0.25, 0.3) is 5.91 Å². The molecule has 7 heteroatoms. The maximum absolute atomic E-state index is 13.0. The van der Waals surface area contributed by atoms with Gasteiger partial charge < -0.3 is 14.8 Å². The second-order valence-corrected chi connectivity index (χ2v) is 10.5. The number of ether oxygens (including phenoxy) is 2. The van der Waals surface area contributed by atoms with Crippen LogP contribution in [0.1, 0.15) is 61.1 Å². The van der Waals surface area contributed by atoms with Crippen molar-refractivity contribution in [2.75, 3.05) is 11.9 Å². The largest absolute Gasteiger partial charge is 0.483 e. The first-order chi connectivity index (χ1) is 17.3. The van der Waals surface area contributed by atoms with Gasteiger partial charge in [0.1, 0.15) is 17.3 Å². The van der Waals surface area contributed by atoms with E-state index in [1.165, 1.54) is 0 Å². The van der Waals surface area contributed by atoms with Crippen molar-refractivity contribution in [1.29, 1.82) is 0 Å². The lowest BCUT2D eigenvalue weighted by Crippen LogP contribution is -2.30. The molecule has 2 aromatic rings. The van der Waals surface area contributed by atoms with Gasteiger partial charge in [-0.05, 0) is 77.5 Å². The molecule has 0 radical (unpaired) electrons. The topological polar surface area (TPSA) is 81.7 Å². The van der Waals surface area contributed by atoms with Gasteiger partial charge in [0.2, 0.25) is 0 Å². The molecule has 3 aliphatic rings. The van der Waals surface area contributed by atoms with Gasteiger partial charge in [0.05, 0.1) is 4.47 Å². The third kappa shape index (κ3) is 4.76. The minimum absolute atomic E-state index is 0.0470. The monoisotopic (exact) mass is 549 g/mol. The van der Waals surface area contributed by atoms with Crippen LogP contribution in [0, 0.1) is 13.8 Å². The quantitative estimate of drug-likeness (QED) is 0.479. The molecule has 0 bridgehead atoms. The first kappa shape index (κ1) is 24.5. The van der Waals surface area contributed by atoms with Crippen LogP contribution in [0.15, 0.2) is 63.5 Å². The van der Waals surface area contributed by atoms with Crippen LogP contribution in [0.2, 0.25) is 0 Å². The summed E-state index contributed by atoms with van der Waals surface area (Å²) in [6, 6.07) is 11.4. The van der Waals surface area contributed by atoms with Crippen LogP contribution < -0.4 is 10.1 Å². The lowest BCUT2D eigenvalue weighted by molar-refractivity contribution is -0.119. The van der Waals surface area contributed by atoms with Crippen molar-refractivity contribution in [1.82, 2.24) is 0 Å². The summed E-state index contributed by atoms with van der Waals surface area (Å²) in [6.45, 7) is 3.77. The van der Waals surface area contributed by atoms with Crippen molar-refractivity contribution < 1.29 is 23.9 Å². The summed E-state index contributed by atoms with van der Waals surface area (Å²) in [5, 5.41) is 2.90. The Kier molecular flexibility index (Phi) is 6.84. The van der Waals surface area contributed by atoms with Crippen molar-refractivity contribution in [3.8, 4) is 5.75 Å². The standard InChI is InChI=1S/C29H28BrNO5/c1-16-9-10-17(2)20(13-16)31-26(34)15-35-23-12-11-18(14-19(23)30)27-28-21(32)5-3-7-24(28)36-25-8-4-6-22(33)29(25)27/h9-14,27H,3-8,15H2,1-2H3,(H,31,34). The number of hydrogen-bond acceptors (Lipinski definition) is 5. The predicted molar refractivity (Wildman–Crippen MR) is 140 cm³/mol. The van der Waals surface area contributed by atoms with E-state index in [-0.39, 0.29) is 24.1 Å². The number of rotatable bonds is 5. The second kappa shape index (κ2) is 10.1. The molecule has 0 unspecified atom stereocenters. The molecule has 6 nitrogen and oxygen atoms in total. The fraction of sp³-hybridized carbons (Fsp3) is 0.345. The summed E-state index contributed by atoms with van der Waals surface area (Å²) < 4.78 is 12.6. The SMILES string of the molecule is Cc1ccc(C)c(NC(=O)COc2ccc(C3C4=C(CCCC4=O)OC4=C3C(=O)CCC4)cc2Br)c1. The molecular formula is C29H28BrNO5. The van der Waals surface area contributed by atoms with Gasteiger partial charge in [-0.2, -0.15) is 0 Å². The highest BCUT2D eigenvalue weighted by atomic mass is 79.9. The van der Waals surface area contributed by atoms with Crippen LogP contribution >= 0.6 is 15.9 Å². The van der Waals surface area contributed by atoms with Gasteiger partial charge in [0.15, 0.2) is 18.2 Å². The highest BCUT2D eigenvalue weighted by Gasteiger charge is 2.41. The Morgan fingerprint density at radius 1 is 0.972 bits per heavy atom. The van der Waals surface area contributed by atoms with Gasteiger partial charge in [-0.15, -0.1) is 0 Å². The number of carbonyl (C=O) groups excluding carboxylic acids is 3. The zero-order valence-corrected chi connectivity index (χ0v) is 22.0. The number of nitrogens with one attached hydrogen (secondary N) is 1. The number of aryl methyl sites for hydroxylation is 2. The fourth-order valence-corrected chi connectivity index (χ4v) is 5.68. The summed E-state index contributed by atoms with van der Waals surface area (Å²) in [6.07, 6.45) is 3.88. The summed E-state index contributed by atoms with van der Waals surface area (Å²) in [4.78, 5) is 38.4. The van der Waals surface area contributed by atoms with E-state index in [9.17, 15) is 14.4 Å². The van der Waals surface area contributed by atoms with Crippen molar-refractivity contribution in [2.24, 2.45) is 0 Å². The van der Waals surface area contributed by atoms with Gasteiger partial charge in [0, 0.05) is 48.4 Å². The van der Waals surface area contributed by atoms with Gasteiger partial charge in [-0.3, -0.25) is 14.4 Å². The Morgan fingerprint density at radius 3 is 2.28 bits per heavy atom. The lowest BCUT2D eigenvalue weighted by Gasteiger charge is -2.36. The molecule has 2 aliphatic carbocycles. The van der Waals surface area contributed by atoms with Crippen molar-refractivity contribution in [2.45, 2.75) is 58.3 Å². The van der Waals surface area contributed by atoms with E-state index in [1.54, 1.807) is 6.07 Å². The number of halogens is 1. The molecule has 5 rings (SSSR count). The van der Waals surface area contributed by atoms with Gasteiger partial charge in [-0.1, -0.05) is 18.2 Å². The van der Waals surface area contributed by atoms with Crippen LogP contribution in [0.4, 0.5) is 5.69 Å². The number of carbonyl (C=O) groups is 3. The van der Waals surface area contributed by atoms with Crippen molar-refractivity contribution in [3.63, 3.8) is 0 Å². The molecule has 1 aliphatic heterocycles. The number of hydrogen-bond donors (Lipinski definition) is 1. The predicted octanol–water partition coefficient (Wildman–Crippen LogP) is 6.21. The van der Waals surface area contributed by atoms with Crippen LogP contribution in [-0.4, -0.2) is 24.1 Å². The Bertz CT molecular complexity index is 1300. The zero-order valence-electron chi connectivity index (χ0n) is 20.4. The lowest BCUT2D eigenvalue weighted by atomic mass is 9.73. The molecule has 186 valence electrons. The number of amides is 1. The molecule has 1 heterocycles. The average molecular weight is 550 g/mol. The number of ketones is 2. The molecule has 0 aromatic heterocycles. The highest BCUT2D eigenvalue weighted by molar-refractivity contribution is 9.10. The Balaban J connectivity index is 1.38. The summed E-state index contributed by atoms with van der Waals surface area (Å²) in [5.74, 6) is 1.34. The highest BCUT2D eigenvalue weighted by Crippen LogP contribution is 2.48. The van der Waals surface area contributed by atoms with Crippen LogP contribution in [0.3, 0.4) is 0 Å². The maximum atomic E-state index is 13.0. The summed E-state index contributed by atoms with van der Waals surface area (Å²) in [7, 11) is 0. The van der Waals surface area contributed by atoms with E-state index in [2.05, 4.69) is 21.2 Å². The first-order valence-corrected chi connectivity index (χ1v) is 13.1.